The molecule has 3 nitrogen and oxygen atoms in total. The minimum atomic E-state index is 0.116. The molecule has 1 aliphatic carbocycles. The van der Waals surface area contributed by atoms with Crippen LogP contribution in [0, 0.1) is 0 Å². The first-order chi connectivity index (χ1) is 8.63. The van der Waals surface area contributed by atoms with Gasteiger partial charge in [-0.25, -0.2) is 0 Å². The summed E-state index contributed by atoms with van der Waals surface area (Å²) >= 11 is 3.37. The summed E-state index contributed by atoms with van der Waals surface area (Å²) in [5, 5.41) is 0. The molecule has 2 rings (SSSR count). The largest absolute Gasteiger partial charge is 0.398 e. The summed E-state index contributed by atoms with van der Waals surface area (Å²) in [6.45, 7) is 2.81. The van der Waals surface area contributed by atoms with Gasteiger partial charge in [-0.05, 0) is 53.9 Å². The number of hydrogen-bond acceptors (Lipinski definition) is 2. The summed E-state index contributed by atoms with van der Waals surface area (Å²) in [6, 6.07) is 5.81. The van der Waals surface area contributed by atoms with Crippen LogP contribution in [0.4, 0.5) is 5.69 Å². The Bertz CT molecular complexity index is 441. The molecule has 1 aliphatic rings. The van der Waals surface area contributed by atoms with Crippen LogP contribution in [0.15, 0.2) is 22.7 Å². The van der Waals surface area contributed by atoms with Gasteiger partial charge in [0.25, 0.3) is 5.91 Å². The third kappa shape index (κ3) is 2.69. The minimum Gasteiger partial charge on any atom is -0.398 e. The maximum Gasteiger partial charge on any atom is 0.254 e. The van der Waals surface area contributed by atoms with Crippen LogP contribution < -0.4 is 5.73 Å². The Morgan fingerprint density at radius 2 is 2.11 bits per heavy atom. The maximum atomic E-state index is 12.5. The van der Waals surface area contributed by atoms with Crippen molar-refractivity contribution >= 4 is 27.5 Å². The molecule has 2 N–H and O–H groups in total. The lowest BCUT2D eigenvalue weighted by atomic mass is 10.1. The van der Waals surface area contributed by atoms with Gasteiger partial charge < -0.3 is 10.6 Å². The zero-order valence-corrected chi connectivity index (χ0v) is 12.2. The highest BCUT2D eigenvalue weighted by Crippen LogP contribution is 2.26. The molecule has 4 heteroatoms. The van der Waals surface area contributed by atoms with E-state index in [1.165, 1.54) is 12.8 Å². The Hall–Kier alpha value is -1.03. The second kappa shape index (κ2) is 5.74. The number of anilines is 1. The molecule has 1 saturated carbocycles. The first kappa shape index (κ1) is 13.4. The van der Waals surface area contributed by atoms with Gasteiger partial charge in [0, 0.05) is 28.3 Å². The summed E-state index contributed by atoms with van der Waals surface area (Å²) in [6.07, 6.45) is 4.74. The molecule has 0 atom stereocenters. The van der Waals surface area contributed by atoms with Crippen molar-refractivity contribution in [1.82, 2.24) is 4.90 Å². The average Bonchev–Trinajstić information content (AvgIpc) is 2.87. The van der Waals surface area contributed by atoms with Crippen molar-refractivity contribution in [2.24, 2.45) is 0 Å². The highest BCUT2D eigenvalue weighted by Gasteiger charge is 2.26. The molecular weight excluding hydrogens is 292 g/mol. The first-order valence-corrected chi connectivity index (χ1v) is 7.28. The molecule has 1 aromatic carbocycles. The van der Waals surface area contributed by atoms with Gasteiger partial charge in [-0.1, -0.05) is 12.8 Å². The number of hydrogen-bond donors (Lipinski definition) is 1. The maximum absolute atomic E-state index is 12.5. The van der Waals surface area contributed by atoms with E-state index >= 15 is 0 Å². The monoisotopic (exact) mass is 310 g/mol. The first-order valence-electron chi connectivity index (χ1n) is 6.49. The van der Waals surface area contributed by atoms with Gasteiger partial charge in [0.05, 0.1) is 0 Å². The van der Waals surface area contributed by atoms with Crippen molar-refractivity contribution in [3.8, 4) is 0 Å². The summed E-state index contributed by atoms with van der Waals surface area (Å²) in [5.41, 5.74) is 7.12. The van der Waals surface area contributed by atoms with Crippen LogP contribution in [0.25, 0.3) is 0 Å². The van der Waals surface area contributed by atoms with Crippen LogP contribution >= 0.6 is 15.9 Å². The third-order valence-electron chi connectivity index (χ3n) is 3.61. The summed E-state index contributed by atoms with van der Waals surface area (Å²) in [7, 11) is 0. The predicted molar refractivity (Wildman–Crippen MR) is 77.5 cm³/mol. The van der Waals surface area contributed by atoms with Crippen molar-refractivity contribution in [3.63, 3.8) is 0 Å². The Balaban J connectivity index is 2.19. The van der Waals surface area contributed by atoms with E-state index in [9.17, 15) is 4.79 Å². The molecule has 0 aliphatic heterocycles. The molecule has 0 aromatic heterocycles. The van der Waals surface area contributed by atoms with E-state index in [1.54, 1.807) is 12.1 Å². The molecule has 0 unspecified atom stereocenters. The number of halogens is 1. The van der Waals surface area contributed by atoms with Crippen molar-refractivity contribution in [2.45, 2.75) is 38.6 Å². The van der Waals surface area contributed by atoms with E-state index < -0.39 is 0 Å². The van der Waals surface area contributed by atoms with E-state index in [4.69, 9.17) is 5.73 Å². The molecule has 98 valence electrons. The van der Waals surface area contributed by atoms with Gasteiger partial charge >= 0.3 is 0 Å². The Labute approximate surface area is 116 Å². The number of carbonyl (C=O) groups excluding carboxylic acids is 1. The van der Waals surface area contributed by atoms with Gasteiger partial charge in [-0.3, -0.25) is 4.79 Å². The zero-order valence-electron chi connectivity index (χ0n) is 10.7. The fraction of sp³-hybridized carbons (Fsp3) is 0.500. The number of nitrogens with zero attached hydrogens (tertiary/aromatic N) is 1. The van der Waals surface area contributed by atoms with E-state index in [1.807, 2.05) is 17.9 Å². The van der Waals surface area contributed by atoms with Crippen molar-refractivity contribution in [3.05, 3.63) is 28.2 Å². The summed E-state index contributed by atoms with van der Waals surface area (Å²) in [4.78, 5) is 14.5. The van der Waals surface area contributed by atoms with Gasteiger partial charge in [-0.15, -0.1) is 0 Å². The van der Waals surface area contributed by atoms with Gasteiger partial charge in [0.2, 0.25) is 0 Å². The van der Waals surface area contributed by atoms with Crippen LogP contribution in [0.2, 0.25) is 0 Å². The molecule has 18 heavy (non-hydrogen) atoms. The number of carbonyl (C=O) groups is 1. The number of nitrogens with two attached hydrogens (primary N) is 1. The van der Waals surface area contributed by atoms with Crippen LogP contribution in [-0.4, -0.2) is 23.4 Å². The second-order valence-electron chi connectivity index (χ2n) is 4.77. The topological polar surface area (TPSA) is 46.3 Å². The van der Waals surface area contributed by atoms with Gasteiger partial charge in [-0.2, -0.15) is 0 Å². The van der Waals surface area contributed by atoms with Gasteiger partial charge in [0.15, 0.2) is 0 Å². The highest BCUT2D eigenvalue weighted by atomic mass is 79.9. The van der Waals surface area contributed by atoms with E-state index in [0.29, 0.717) is 17.3 Å². The lowest BCUT2D eigenvalue weighted by Gasteiger charge is -2.27. The van der Waals surface area contributed by atoms with E-state index in [0.717, 1.165) is 23.9 Å². The average molecular weight is 311 g/mol. The lowest BCUT2D eigenvalue weighted by molar-refractivity contribution is 0.0693. The minimum absolute atomic E-state index is 0.116. The van der Waals surface area contributed by atoms with Crippen LogP contribution in [0.1, 0.15) is 43.0 Å². The highest BCUT2D eigenvalue weighted by molar-refractivity contribution is 9.10. The van der Waals surface area contributed by atoms with Crippen molar-refractivity contribution < 1.29 is 4.79 Å². The molecular formula is C14H19BrN2O. The zero-order chi connectivity index (χ0) is 13.1. The number of nitrogen functional groups attached to an aromatic ring is 1. The van der Waals surface area contributed by atoms with Gasteiger partial charge in [0.1, 0.15) is 0 Å². The fourth-order valence-corrected chi connectivity index (χ4v) is 2.99. The molecule has 0 radical (unpaired) electrons. The predicted octanol–water partition coefficient (Wildman–Crippen LogP) is 3.44. The lowest BCUT2D eigenvalue weighted by Crippen LogP contribution is -2.38. The fourth-order valence-electron chi connectivity index (χ4n) is 2.61. The van der Waals surface area contributed by atoms with Crippen LogP contribution in [0.5, 0.6) is 0 Å². The molecule has 0 bridgehead atoms. The summed E-state index contributed by atoms with van der Waals surface area (Å²) in [5.74, 6) is 0.116. The van der Waals surface area contributed by atoms with Crippen LogP contribution in [-0.2, 0) is 0 Å². The quantitative estimate of drug-likeness (QED) is 0.869. The van der Waals surface area contributed by atoms with Crippen molar-refractivity contribution in [1.29, 1.82) is 0 Å². The molecule has 0 heterocycles. The summed E-state index contributed by atoms with van der Waals surface area (Å²) < 4.78 is 0.788. The molecule has 0 spiro atoms. The smallest absolute Gasteiger partial charge is 0.254 e. The molecule has 1 fully saturated rings. The third-order valence-corrected chi connectivity index (χ3v) is 4.30. The normalized spacial score (nSPS) is 15.9. The standard InChI is InChI=1S/C14H19BrN2O/c1-2-17(11-5-3-4-6-11)14(18)10-7-8-13(16)12(15)9-10/h7-9,11H,2-6,16H2,1H3. The molecule has 0 saturated heterocycles. The van der Waals surface area contributed by atoms with Crippen LogP contribution in [0.3, 0.4) is 0 Å². The van der Waals surface area contributed by atoms with E-state index in [2.05, 4.69) is 15.9 Å². The SMILES string of the molecule is CCN(C(=O)c1ccc(N)c(Br)c1)C1CCCC1. The van der Waals surface area contributed by atoms with E-state index in [-0.39, 0.29) is 5.91 Å². The number of amides is 1. The Kier molecular flexibility index (Phi) is 4.27. The second-order valence-corrected chi connectivity index (χ2v) is 5.62. The number of benzene rings is 1. The Morgan fingerprint density at radius 1 is 1.44 bits per heavy atom. The number of rotatable bonds is 3. The molecule has 1 amide bonds. The molecule has 1 aromatic rings. The van der Waals surface area contributed by atoms with Crippen molar-refractivity contribution in [2.75, 3.05) is 12.3 Å². The Morgan fingerprint density at radius 3 is 2.67 bits per heavy atom.